The number of morpholine rings is 1. The fourth-order valence-corrected chi connectivity index (χ4v) is 3.84. The third-order valence-electron chi connectivity index (χ3n) is 3.22. The largest absolute Gasteiger partial charge is 0.495 e. The highest BCUT2D eigenvalue weighted by atomic mass is 32.2. The Kier molecular flexibility index (Phi) is 4.98. The molecule has 1 heterocycles. The van der Waals surface area contributed by atoms with Crippen LogP contribution in [0, 0.1) is 0 Å². The topological polar surface area (TPSA) is 67.9 Å². The molecule has 0 aliphatic carbocycles. The van der Waals surface area contributed by atoms with E-state index in [1.54, 1.807) is 24.3 Å². The van der Waals surface area contributed by atoms with Crippen molar-refractivity contribution < 1.29 is 17.9 Å². The van der Waals surface area contributed by atoms with Crippen molar-refractivity contribution in [3.63, 3.8) is 0 Å². The first-order chi connectivity index (χ1) is 9.59. The molecule has 1 atom stereocenters. The highest BCUT2D eigenvalue weighted by Crippen LogP contribution is 2.27. The van der Waals surface area contributed by atoms with Crippen LogP contribution in [0.3, 0.4) is 0 Å². The van der Waals surface area contributed by atoms with Gasteiger partial charge >= 0.3 is 0 Å². The maximum absolute atomic E-state index is 12.7. The van der Waals surface area contributed by atoms with E-state index in [1.807, 2.05) is 7.05 Å². The second-order valence-corrected chi connectivity index (χ2v) is 6.47. The third kappa shape index (κ3) is 3.12. The average molecular weight is 300 g/mol. The van der Waals surface area contributed by atoms with Gasteiger partial charge in [-0.25, -0.2) is 8.42 Å². The molecule has 1 aliphatic heterocycles. The van der Waals surface area contributed by atoms with Gasteiger partial charge in [0.1, 0.15) is 10.6 Å². The molecule has 1 aromatic rings. The summed E-state index contributed by atoms with van der Waals surface area (Å²) in [5.74, 6) is 0.365. The summed E-state index contributed by atoms with van der Waals surface area (Å²) >= 11 is 0. The number of methoxy groups -OCH3 is 1. The molecule has 0 amide bonds. The van der Waals surface area contributed by atoms with Gasteiger partial charge in [0.15, 0.2) is 0 Å². The van der Waals surface area contributed by atoms with Crippen LogP contribution in [0.25, 0.3) is 0 Å². The second-order valence-electron chi connectivity index (χ2n) is 4.56. The molecule has 1 saturated heterocycles. The quantitative estimate of drug-likeness (QED) is 0.847. The van der Waals surface area contributed by atoms with Crippen molar-refractivity contribution in [3.05, 3.63) is 24.3 Å². The number of benzene rings is 1. The number of nitrogens with one attached hydrogen (secondary N) is 1. The number of para-hydroxylation sites is 1. The van der Waals surface area contributed by atoms with Crippen LogP contribution in [0.4, 0.5) is 0 Å². The van der Waals surface area contributed by atoms with Gasteiger partial charge in [-0.3, -0.25) is 0 Å². The van der Waals surface area contributed by atoms with Crippen LogP contribution in [-0.2, 0) is 14.8 Å². The maximum Gasteiger partial charge on any atom is 0.246 e. The monoisotopic (exact) mass is 300 g/mol. The van der Waals surface area contributed by atoms with E-state index < -0.39 is 10.0 Å². The highest BCUT2D eigenvalue weighted by molar-refractivity contribution is 7.89. The molecule has 6 nitrogen and oxygen atoms in total. The molecule has 1 fully saturated rings. The predicted molar refractivity (Wildman–Crippen MR) is 75.4 cm³/mol. The van der Waals surface area contributed by atoms with Crippen molar-refractivity contribution in [1.82, 2.24) is 9.62 Å². The standard InChI is InChI=1S/C13H20N2O4S/c1-14-9-11-10-15(7-8-19-11)20(16,17)13-6-4-3-5-12(13)18-2/h3-6,11,14H,7-10H2,1-2H3. The molecule has 0 bridgehead atoms. The summed E-state index contributed by atoms with van der Waals surface area (Å²) in [6.45, 7) is 1.74. The molecule has 1 aliphatic rings. The van der Waals surface area contributed by atoms with Crippen molar-refractivity contribution in [3.8, 4) is 5.75 Å². The number of nitrogens with zero attached hydrogens (tertiary/aromatic N) is 1. The van der Waals surface area contributed by atoms with Crippen molar-refractivity contribution >= 4 is 10.0 Å². The molecular weight excluding hydrogens is 280 g/mol. The van der Waals surface area contributed by atoms with E-state index in [0.717, 1.165) is 0 Å². The van der Waals surface area contributed by atoms with Crippen LogP contribution in [-0.4, -0.2) is 59.2 Å². The summed E-state index contributed by atoms with van der Waals surface area (Å²) in [6, 6.07) is 6.66. The lowest BCUT2D eigenvalue weighted by Crippen LogP contribution is -2.48. The first-order valence-electron chi connectivity index (χ1n) is 6.49. The van der Waals surface area contributed by atoms with Gasteiger partial charge in [-0.2, -0.15) is 4.31 Å². The lowest BCUT2D eigenvalue weighted by molar-refractivity contribution is 0.000788. The molecule has 0 radical (unpaired) electrons. The maximum atomic E-state index is 12.7. The zero-order valence-corrected chi connectivity index (χ0v) is 12.5. The van der Waals surface area contributed by atoms with E-state index in [4.69, 9.17) is 9.47 Å². The van der Waals surface area contributed by atoms with Gasteiger partial charge in [0, 0.05) is 19.6 Å². The Balaban J connectivity index is 2.25. The number of hydrogen-bond donors (Lipinski definition) is 1. The fourth-order valence-electron chi connectivity index (χ4n) is 2.23. The van der Waals surface area contributed by atoms with Crippen molar-refractivity contribution in [2.45, 2.75) is 11.0 Å². The molecule has 1 N–H and O–H groups in total. The van der Waals surface area contributed by atoms with Gasteiger partial charge < -0.3 is 14.8 Å². The van der Waals surface area contributed by atoms with Gasteiger partial charge in [0.25, 0.3) is 0 Å². The van der Waals surface area contributed by atoms with Gasteiger partial charge in [0.2, 0.25) is 10.0 Å². The summed E-state index contributed by atoms with van der Waals surface area (Å²) in [6.07, 6.45) is -0.127. The van der Waals surface area contributed by atoms with Crippen LogP contribution in [0.1, 0.15) is 0 Å². The average Bonchev–Trinajstić information content (AvgIpc) is 2.48. The van der Waals surface area contributed by atoms with Crippen LogP contribution >= 0.6 is 0 Å². The SMILES string of the molecule is CNCC1CN(S(=O)(=O)c2ccccc2OC)CCO1. The van der Waals surface area contributed by atoms with Crippen LogP contribution < -0.4 is 10.1 Å². The number of hydrogen-bond acceptors (Lipinski definition) is 5. The zero-order valence-electron chi connectivity index (χ0n) is 11.7. The third-order valence-corrected chi connectivity index (χ3v) is 5.12. The summed E-state index contributed by atoms with van der Waals surface area (Å²) in [5, 5.41) is 3.00. The summed E-state index contributed by atoms with van der Waals surface area (Å²) < 4.78 is 37.5. The van der Waals surface area contributed by atoms with Crippen LogP contribution in [0.15, 0.2) is 29.2 Å². The summed E-state index contributed by atoms with van der Waals surface area (Å²) in [7, 11) is -0.269. The van der Waals surface area contributed by atoms with E-state index in [9.17, 15) is 8.42 Å². The number of likely N-dealkylation sites (N-methyl/N-ethyl adjacent to an activating group) is 1. The molecule has 20 heavy (non-hydrogen) atoms. The Labute approximate surface area is 119 Å². The van der Waals surface area contributed by atoms with Crippen molar-refractivity contribution in [2.75, 3.05) is 40.4 Å². The van der Waals surface area contributed by atoms with Gasteiger partial charge in [0.05, 0.1) is 19.8 Å². The minimum atomic E-state index is -3.56. The smallest absolute Gasteiger partial charge is 0.246 e. The lowest BCUT2D eigenvalue weighted by Gasteiger charge is -2.32. The van der Waals surface area contributed by atoms with Gasteiger partial charge in [-0.1, -0.05) is 12.1 Å². The van der Waals surface area contributed by atoms with E-state index in [-0.39, 0.29) is 11.0 Å². The van der Waals surface area contributed by atoms with Crippen LogP contribution in [0.2, 0.25) is 0 Å². The Hall–Kier alpha value is -1.15. The summed E-state index contributed by atoms with van der Waals surface area (Å²) in [5.41, 5.74) is 0. The first kappa shape index (κ1) is 15.2. The molecule has 112 valence electrons. The van der Waals surface area contributed by atoms with E-state index in [1.165, 1.54) is 11.4 Å². The number of ether oxygens (including phenoxy) is 2. The number of sulfonamides is 1. The Morgan fingerprint density at radius 3 is 2.90 bits per heavy atom. The van der Waals surface area contributed by atoms with Gasteiger partial charge in [-0.15, -0.1) is 0 Å². The second kappa shape index (κ2) is 6.53. The van der Waals surface area contributed by atoms with E-state index in [2.05, 4.69) is 5.32 Å². The molecular formula is C13H20N2O4S. The first-order valence-corrected chi connectivity index (χ1v) is 7.93. The molecule has 1 unspecified atom stereocenters. The molecule has 2 rings (SSSR count). The highest BCUT2D eigenvalue weighted by Gasteiger charge is 2.32. The minimum absolute atomic E-state index is 0.127. The predicted octanol–water partition coefficient (Wildman–Crippen LogP) is 0.304. The number of rotatable bonds is 5. The van der Waals surface area contributed by atoms with Crippen molar-refractivity contribution in [1.29, 1.82) is 0 Å². The summed E-state index contributed by atoms with van der Waals surface area (Å²) in [4.78, 5) is 0.201. The zero-order chi connectivity index (χ0) is 14.6. The molecule has 1 aromatic carbocycles. The normalized spacial score (nSPS) is 20.8. The fraction of sp³-hybridized carbons (Fsp3) is 0.538. The molecule has 7 heteroatoms. The lowest BCUT2D eigenvalue weighted by atomic mass is 10.3. The molecule has 0 spiro atoms. The molecule has 0 saturated carbocycles. The van der Waals surface area contributed by atoms with Crippen LogP contribution in [0.5, 0.6) is 5.75 Å². The van der Waals surface area contributed by atoms with E-state index >= 15 is 0 Å². The Bertz CT molecular complexity index is 545. The molecule has 0 aromatic heterocycles. The Morgan fingerprint density at radius 1 is 1.45 bits per heavy atom. The van der Waals surface area contributed by atoms with Gasteiger partial charge in [-0.05, 0) is 19.2 Å². The minimum Gasteiger partial charge on any atom is -0.495 e. The Morgan fingerprint density at radius 2 is 2.20 bits per heavy atom. The van der Waals surface area contributed by atoms with E-state index in [0.29, 0.717) is 32.0 Å². The van der Waals surface area contributed by atoms with Crippen molar-refractivity contribution in [2.24, 2.45) is 0 Å².